The Bertz CT molecular complexity index is 1170. The van der Waals surface area contributed by atoms with E-state index in [-0.39, 0.29) is 17.9 Å². The van der Waals surface area contributed by atoms with Crippen LogP contribution in [0.2, 0.25) is 0 Å². The van der Waals surface area contributed by atoms with Gasteiger partial charge in [0.15, 0.2) is 5.82 Å². The lowest BCUT2D eigenvalue weighted by Crippen LogP contribution is -2.40. The standard InChI is InChI=1S/C29H35N3O3.C2H6/c1-18-21-12-13-23-25(19-9-6-5-7-10-19)30-27(31-26(23)22(21)14-15-24(18)33)20-11-8-16-32(17-20)28(34)35-29(2,3)4;1-2/h5-7,9-11,18,21-22H,8,12-17H2,1-4H3;1-2H3. The Balaban J connectivity index is 0.00000156. The Kier molecular flexibility index (Phi) is 8.15. The summed E-state index contributed by atoms with van der Waals surface area (Å²) in [7, 11) is 0. The maximum Gasteiger partial charge on any atom is 0.410 e. The summed E-state index contributed by atoms with van der Waals surface area (Å²) >= 11 is 0. The van der Waals surface area contributed by atoms with Gasteiger partial charge in [0.25, 0.3) is 0 Å². The summed E-state index contributed by atoms with van der Waals surface area (Å²) in [6.07, 6.45) is 5.97. The minimum atomic E-state index is -0.536. The van der Waals surface area contributed by atoms with Gasteiger partial charge < -0.3 is 9.64 Å². The molecule has 1 aromatic heterocycles. The minimum Gasteiger partial charge on any atom is -0.444 e. The normalized spacial score (nSPS) is 23.2. The lowest BCUT2D eigenvalue weighted by Gasteiger charge is -2.40. The number of fused-ring (bicyclic) bond motifs is 3. The summed E-state index contributed by atoms with van der Waals surface area (Å²) in [5, 5.41) is 0. The smallest absolute Gasteiger partial charge is 0.410 e. The molecule has 1 amide bonds. The topological polar surface area (TPSA) is 72.4 Å². The van der Waals surface area contributed by atoms with Crippen molar-refractivity contribution >= 4 is 17.4 Å². The zero-order valence-electron chi connectivity index (χ0n) is 23.2. The molecule has 3 atom stereocenters. The zero-order chi connectivity index (χ0) is 26.7. The van der Waals surface area contributed by atoms with E-state index in [2.05, 4.69) is 25.1 Å². The molecular weight excluding hydrogens is 462 g/mol. The highest BCUT2D eigenvalue weighted by Gasteiger charge is 2.41. The Morgan fingerprint density at radius 3 is 2.49 bits per heavy atom. The molecule has 1 saturated carbocycles. The van der Waals surface area contributed by atoms with Gasteiger partial charge in [-0.25, -0.2) is 14.8 Å². The van der Waals surface area contributed by atoms with E-state index in [9.17, 15) is 9.59 Å². The van der Waals surface area contributed by atoms with Crippen molar-refractivity contribution in [3.63, 3.8) is 0 Å². The maximum absolute atomic E-state index is 12.8. The predicted octanol–water partition coefficient (Wildman–Crippen LogP) is 6.84. The summed E-state index contributed by atoms with van der Waals surface area (Å²) in [6, 6.07) is 10.3. The van der Waals surface area contributed by atoms with Crippen LogP contribution in [0.4, 0.5) is 4.79 Å². The molecule has 0 N–H and O–H groups in total. The van der Waals surface area contributed by atoms with Crippen molar-refractivity contribution in [1.82, 2.24) is 14.9 Å². The van der Waals surface area contributed by atoms with Gasteiger partial charge >= 0.3 is 6.09 Å². The second-order valence-corrected chi connectivity index (χ2v) is 11.1. The molecule has 0 spiro atoms. The Hall–Kier alpha value is -3.02. The summed E-state index contributed by atoms with van der Waals surface area (Å²) in [6.45, 7) is 12.8. The highest BCUT2D eigenvalue weighted by atomic mass is 16.6. The molecule has 198 valence electrons. The number of hydrogen-bond donors (Lipinski definition) is 0. The van der Waals surface area contributed by atoms with Crippen LogP contribution in [-0.4, -0.2) is 45.4 Å². The van der Waals surface area contributed by atoms with Crippen LogP contribution >= 0.6 is 0 Å². The number of benzene rings is 1. The molecule has 0 bridgehead atoms. The van der Waals surface area contributed by atoms with Crippen LogP contribution in [0.15, 0.2) is 36.4 Å². The fraction of sp³-hybridized carbons (Fsp3) is 0.548. The minimum absolute atomic E-state index is 0.0806. The fourth-order valence-electron chi connectivity index (χ4n) is 5.85. The Morgan fingerprint density at radius 2 is 1.78 bits per heavy atom. The first-order chi connectivity index (χ1) is 17.7. The van der Waals surface area contributed by atoms with Crippen molar-refractivity contribution < 1.29 is 14.3 Å². The SMILES string of the molecule is CC.CC1C(=O)CCC2c3nc(C4=CCCN(C(=O)OC(C)(C)C)C4)nc(-c4ccccc4)c3CCC12. The molecule has 0 saturated heterocycles. The number of carbonyl (C=O) groups excluding carboxylic acids is 2. The van der Waals surface area contributed by atoms with Crippen molar-refractivity contribution in [3.05, 3.63) is 53.5 Å². The second kappa shape index (κ2) is 11.2. The first-order valence-corrected chi connectivity index (χ1v) is 13.9. The lowest BCUT2D eigenvalue weighted by atomic mass is 9.64. The van der Waals surface area contributed by atoms with Gasteiger partial charge in [0, 0.05) is 41.5 Å². The predicted molar refractivity (Wildman–Crippen MR) is 147 cm³/mol. The monoisotopic (exact) mass is 503 g/mol. The van der Waals surface area contributed by atoms with Gasteiger partial charge in [-0.05, 0) is 52.4 Å². The van der Waals surface area contributed by atoms with E-state index in [4.69, 9.17) is 14.7 Å². The molecule has 3 unspecified atom stereocenters. The van der Waals surface area contributed by atoms with Crippen LogP contribution in [0.25, 0.3) is 16.8 Å². The van der Waals surface area contributed by atoms with E-state index in [1.165, 1.54) is 5.56 Å². The number of ketones is 1. The van der Waals surface area contributed by atoms with Crippen LogP contribution in [0.5, 0.6) is 0 Å². The van der Waals surface area contributed by atoms with Crippen LogP contribution in [0, 0.1) is 11.8 Å². The molecule has 5 rings (SSSR count). The van der Waals surface area contributed by atoms with E-state index in [0.717, 1.165) is 48.2 Å². The summed E-state index contributed by atoms with van der Waals surface area (Å²) in [5.74, 6) is 1.78. The van der Waals surface area contributed by atoms with Crippen LogP contribution in [0.3, 0.4) is 0 Å². The first-order valence-electron chi connectivity index (χ1n) is 13.9. The van der Waals surface area contributed by atoms with Crippen molar-refractivity contribution in [2.24, 2.45) is 11.8 Å². The number of aromatic nitrogens is 2. The van der Waals surface area contributed by atoms with Crippen molar-refractivity contribution in [2.45, 2.75) is 85.2 Å². The van der Waals surface area contributed by atoms with Crippen LogP contribution in [-0.2, 0) is 16.0 Å². The van der Waals surface area contributed by atoms with E-state index in [0.29, 0.717) is 37.0 Å². The molecule has 2 heterocycles. The maximum atomic E-state index is 12.8. The molecule has 3 aliphatic rings. The number of carbonyl (C=O) groups is 2. The highest BCUT2D eigenvalue weighted by molar-refractivity contribution is 5.82. The van der Waals surface area contributed by atoms with Gasteiger partial charge in [0.2, 0.25) is 0 Å². The molecular formula is C31H41N3O3. The van der Waals surface area contributed by atoms with Crippen molar-refractivity contribution in [2.75, 3.05) is 13.1 Å². The number of rotatable bonds is 2. The van der Waals surface area contributed by atoms with Gasteiger partial charge in [-0.3, -0.25) is 4.79 Å². The second-order valence-electron chi connectivity index (χ2n) is 11.1. The largest absolute Gasteiger partial charge is 0.444 e. The number of nitrogens with zero attached hydrogens (tertiary/aromatic N) is 3. The van der Waals surface area contributed by atoms with Gasteiger partial charge in [-0.15, -0.1) is 0 Å². The third-order valence-electron chi connectivity index (χ3n) is 7.62. The number of ether oxygens (including phenoxy) is 1. The van der Waals surface area contributed by atoms with Crippen molar-refractivity contribution in [1.29, 1.82) is 0 Å². The quantitative estimate of drug-likeness (QED) is 0.449. The van der Waals surface area contributed by atoms with Gasteiger partial charge in [-0.1, -0.05) is 57.2 Å². The Labute approximate surface area is 221 Å². The van der Waals surface area contributed by atoms with Gasteiger partial charge in [-0.2, -0.15) is 0 Å². The van der Waals surface area contributed by atoms with E-state index in [1.54, 1.807) is 4.90 Å². The summed E-state index contributed by atoms with van der Waals surface area (Å²) in [5.41, 5.74) is 4.84. The molecule has 37 heavy (non-hydrogen) atoms. The molecule has 6 heteroatoms. The molecule has 6 nitrogen and oxygen atoms in total. The summed E-state index contributed by atoms with van der Waals surface area (Å²) < 4.78 is 5.62. The number of Topliss-reactive ketones (excluding diaryl/α,β-unsaturated/α-hetero) is 1. The van der Waals surface area contributed by atoms with Crippen LogP contribution in [0.1, 0.15) is 90.2 Å². The molecule has 2 aliphatic carbocycles. The third-order valence-corrected chi connectivity index (χ3v) is 7.62. The third kappa shape index (κ3) is 5.78. The van der Waals surface area contributed by atoms with E-state index in [1.807, 2.05) is 52.8 Å². The van der Waals surface area contributed by atoms with E-state index >= 15 is 0 Å². The number of hydrogen-bond acceptors (Lipinski definition) is 5. The molecule has 1 fully saturated rings. The fourth-order valence-corrected chi connectivity index (χ4v) is 5.85. The molecule has 0 radical (unpaired) electrons. The molecule has 2 aromatic rings. The van der Waals surface area contributed by atoms with E-state index < -0.39 is 5.60 Å². The summed E-state index contributed by atoms with van der Waals surface area (Å²) in [4.78, 5) is 37.2. The van der Waals surface area contributed by atoms with Crippen LogP contribution < -0.4 is 0 Å². The average Bonchev–Trinajstić information content (AvgIpc) is 2.90. The van der Waals surface area contributed by atoms with Gasteiger partial charge in [0.1, 0.15) is 11.4 Å². The molecule has 1 aromatic carbocycles. The number of amides is 1. The Morgan fingerprint density at radius 1 is 1.05 bits per heavy atom. The molecule has 1 aliphatic heterocycles. The zero-order valence-corrected chi connectivity index (χ0v) is 23.2. The lowest BCUT2D eigenvalue weighted by molar-refractivity contribution is -0.126. The van der Waals surface area contributed by atoms with Crippen molar-refractivity contribution in [3.8, 4) is 11.3 Å². The highest BCUT2D eigenvalue weighted by Crippen LogP contribution is 2.47. The average molecular weight is 504 g/mol. The first kappa shape index (κ1) is 27.0. The van der Waals surface area contributed by atoms with Gasteiger partial charge in [0.05, 0.1) is 17.9 Å².